The van der Waals surface area contributed by atoms with Gasteiger partial charge in [-0.25, -0.2) is 0 Å². The summed E-state index contributed by atoms with van der Waals surface area (Å²) in [6.07, 6.45) is 4.37. The van der Waals surface area contributed by atoms with Crippen LogP contribution in [0.25, 0.3) is 0 Å². The molecule has 1 saturated heterocycles. The molecule has 0 aromatic rings. The quantitative estimate of drug-likeness (QED) is 0.496. The van der Waals surface area contributed by atoms with Gasteiger partial charge in [-0.1, -0.05) is 12.8 Å². The lowest BCUT2D eigenvalue weighted by Gasteiger charge is -2.32. The molecule has 2 fully saturated rings. The smallest absolute Gasteiger partial charge is 0.212 e. The zero-order valence-corrected chi connectivity index (χ0v) is 8.51. The molecule has 67 valence electrons. The Morgan fingerprint density at radius 2 is 2.00 bits per heavy atom. The van der Waals surface area contributed by atoms with Crippen LogP contribution in [0, 0.1) is 5.92 Å². The normalized spacial score (nSPS) is 36.6. The fourth-order valence-electron chi connectivity index (χ4n) is 2.53. The fraction of sp³-hybridized carbons (Fsp3) is 1.00. The van der Waals surface area contributed by atoms with Crippen molar-refractivity contribution in [3.8, 4) is 0 Å². The van der Waals surface area contributed by atoms with Crippen LogP contribution in [0.4, 0.5) is 0 Å². The van der Waals surface area contributed by atoms with Gasteiger partial charge in [0.15, 0.2) is 0 Å². The van der Waals surface area contributed by atoms with Crippen LogP contribution in [0.1, 0.15) is 40.0 Å². The van der Waals surface area contributed by atoms with Gasteiger partial charge < -0.3 is 4.81 Å². The average Bonchev–Trinajstić information content (AvgIpc) is 2.37. The summed E-state index contributed by atoms with van der Waals surface area (Å²) in [4.78, 5) is 2.54. The van der Waals surface area contributed by atoms with E-state index in [1.54, 1.807) is 0 Å². The summed E-state index contributed by atoms with van der Waals surface area (Å²) in [7, 11) is 2.50. The van der Waals surface area contributed by atoms with Crippen molar-refractivity contribution in [1.29, 1.82) is 0 Å². The van der Waals surface area contributed by atoms with Crippen LogP contribution in [0.3, 0.4) is 0 Å². The monoisotopic (exact) mass is 164 g/mol. The molecule has 12 heavy (non-hydrogen) atoms. The molecule has 2 atom stereocenters. The molecule has 0 amide bonds. The van der Waals surface area contributed by atoms with E-state index in [2.05, 4.69) is 33.0 Å². The molecule has 2 rings (SSSR count). The van der Waals surface area contributed by atoms with Gasteiger partial charge in [0, 0.05) is 5.54 Å². The molecule has 1 aliphatic carbocycles. The third-order valence-corrected chi connectivity index (χ3v) is 3.38. The second-order valence-corrected chi connectivity index (χ2v) is 5.33. The minimum Gasteiger partial charge on any atom is -0.342 e. The van der Waals surface area contributed by atoms with Gasteiger partial charge in [0.2, 0.25) is 7.41 Å². The van der Waals surface area contributed by atoms with Crippen LogP contribution in [0.2, 0.25) is 5.82 Å². The maximum atomic E-state index is 2.54. The van der Waals surface area contributed by atoms with Crippen LogP contribution in [-0.2, 0) is 0 Å². The lowest BCUT2D eigenvalue weighted by molar-refractivity contribution is 0.249. The van der Waals surface area contributed by atoms with Crippen LogP contribution in [-0.4, -0.2) is 24.3 Å². The molecular formula is C10H19BN. The first-order valence-corrected chi connectivity index (χ1v) is 5.19. The molecule has 1 radical (unpaired) electrons. The Kier molecular flexibility index (Phi) is 1.98. The first-order chi connectivity index (χ1) is 5.57. The molecule has 0 aromatic heterocycles. The van der Waals surface area contributed by atoms with Crippen molar-refractivity contribution in [2.45, 2.75) is 51.4 Å². The van der Waals surface area contributed by atoms with E-state index >= 15 is 0 Å². The van der Waals surface area contributed by atoms with E-state index in [0.29, 0.717) is 5.54 Å². The Balaban J connectivity index is 1.99. The zero-order valence-electron chi connectivity index (χ0n) is 8.51. The zero-order chi connectivity index (χ0) is 8.77. The van der Waals surface area contributed by atoms with Crippen LogP contribution in [0.15, 0.2) is 0 Å². The van der Waals surface area contributed by atoms with E-state index in [4.69, 9.17) is 0 Å². The minimum atomic E-state index is 0.352. The SMILES string of the molecule is CC(C)(C)N1[B]C2CCCC2C1. The maximum absolute atomic E-state index is 2.54. The Hall–Kier alpha value is 0.0249. The summed E-state index contributed by atoms with van der Waals surface area (Å²) in [5, 5.41) is 0. The Bertz CT molecular complexity index is 161. The third-order valence-electron chi connectivity index (χ3n) is 3.38. The second kappa shape index (κ2) is 2.76. The Labute approximate surface area is 76.8 Å². The summed E-state index contributed by atoms with van der Waals surface area (Å²) >= 11 is 0. The molecule has 1 saturated carbocycles. The van der Waals surface area contributed by atoms with Crippen molar-refractivity contribution < 1.29 is 0 Å². The van der Waals surface area contributed by atoms with E-state index in [1.807, 2.05) is 0 Å². The maximum Gasteiger partial charge on any atom is 0.212 e. The molecule has 0 aromatic carbocycles. The molecule has 0 spiro atoms. The molecule has 0 bridgehead atoms. The highest BCUT2D eigenvalue weighted by molar-refractivity contribution is 6.35. The predicted molar refractivity (Wildman–Crippen MR) is 53.3 cm³/mol. The van der Waals surface area contributed by atoms with Gasteiger partial charge in [-0.3, -0.25) is 0 Å². The molecule has 0 N–H and O–H groups in total. The standard InChI is InChI=1S/C10H19BN/c1-10(2,3)12-7-8-5-4-6-9(8)11-12/h8-9H,4-7H2,1-3H3. The van der Waals surface area contributed by atoms with Crippen molar-refractivity contribution in [2.75, 3.05) is 6.54 Å². The van der Waals surface area contributed by atoms with E-state index in [-0.39, 0.29) is 0 Å². The van der Waals surface area contributed by atoms with Gasteiger partial charge in [0.25, 0.3) is 0 Å². The summed E-state index contributed by atoms with van der Waals surface area (Å²) in [6.45, 7) is 8.24. The second-order valence-electron chi connectivity index (χ2n) is 5.33. The van der Waals surface area contributed by atoms with Gasteiger partial charge >= 0.3 is 0 Å². The number of hydrogen-bond acceptors (Lipinski definition) is 1. The van der Waals surface area contributed by atoms with E-state index < -0.39 is 0 Å². The van der Waals surface area contributed by atoms with Gasteiger partial charge in [-0.2, -0.15) is 0 Å². The molecule has 1 nitrogen and oxygen atoms in total. The highest BCUT2D eigenvalue weighted by atomic mass is 15.1. The van der Waals surface area contributed by atoms with E-state index in [9.17, 15) is 0 Å². The van der Waals surface area contributed by atoms with Crippen LogP contribution < -0.4 is 0 Å². The van der Waals surface area contributed by atoms with Gasteiger partial charge in [0.1, 0.15) is 0 Å². The lowest BCUT2D eigenvalue weighted by atomic mass is 9.72. The Morgan fingerprint density at radius 3 is 2.58 bits per heavy atom. The van der Waals surface area contributed by atoms with E-state index in [0.717, 1.165) is 11.7 Å². The predicted octanol–water partition coefficient (Wildman–Crippen LogP) is 2.31. The third kappa shape index (κ3) is 1.41. The molecule has 1 heterocycles. The number of fused-ring (bicyclic) bond motifs is 1. The number of hydrogen-bond donors (Lipinski definition) is 0. The minimum absolute atomic E-state index is 0.352. The topological polar surface area (TPSA) is 3.24 Å². The first kappa shape index (κ1) is 8.62. The molecule has 2 aliphatic rings. The summed E-state index contributed by atoms with van der Waals surface area (Å²) < 4.78 is 0. The van der Waals surface area contributed by atoms with Crippen molar-refractivity contribution >= 4 is 7.41 Å². The molecule has 2 heteroatoms. The number of rotatable bonds is 0. The van der Waals surface area contributed by atoms with Gasteiger partial charge in [-0.15, -0.1) is 0 Å². The van der Waals surface area contributed by atoms with Crippen molar-refractivity contribution in [1.82, 2.24) is 4.81 Å². The van der Waals surface area contributed by atoms with E-state index in [1.165, 1.54) is 25.8 Å². The summed E-state index contributed by atoms with van der Waals surface area (Å²) in [5.74, 6) is 1.91. The van der Waals surface area contributed by atoms with Gasteiger partial charge in [-0.05, 0) is 45.5 Å². The first-order valence-electron chi connectivity index (χ1n) is 5.19. The highest BCUT2D eigenvalue weighted by Crippen LogP contribution is 2.42. The number of nitrogens with zero attached hydrogens (tertiary/aromatic N) is 1. The van der Waals surface area contributed by atoms with Crippen molar-refractivity contribution in [3.63, 3.8) is 0 Å². The molecule has 1 aliphatic heterocycles. The Morgan fingerprint density at radius 1 is 1.25 bits per heavy atom. The van der Waals surface area contributed by atoms with Crippen molar-refractivity contribution in [2.24, 2.45) is 5.92 Å². The van der Waals surface area contributed by atoms with Gasteiger partial charge in [0.05, 0.1) is 0 Å². The highest BCUT2D eigenvalue weighted by Gasteiger charge is 2.40. The lowest BCUT2D eigenvalue weighted by Crippen LogP contribution is -2.41. The summed E-state index contributed by atoms with van der Waals surface area (Å²) in [5.41, 5.74) is 0.352. The molecule has 2 unspecified atom stereocenters. The molecular weight excluding hydrogens is 145 g/mol. The van der Waals surface area contributed by atoms with Crippen molar-refractivity contribution in [3.05, 3.63) is 0 Å². The van der Waals surface area contributed by atoms with Crippen LogP contribution in [0.5, 0.6) is 0 Å². The average molecular weight is 164 g/mol. The summed E-state index contributed by atoms with van der Waals surface area (Å²) in [6, 6.07) is 0. The fourth-order valence-corrected chi connectivity index (χ4v) is 2.53. The van der Waals surface area contributed by atoms with Crippen LogP contribution >= 0.6 is 0 Å². The largest absolute Gasteiger partial charge is 0.342 e.